The molecule has 1 heterocycles. The molecule has 6 atom stereocenters. The van der Waals surface area contributed by atoms with E-state index in [1.165, 1.54) is 36.8 Å². The maximum Gasteiger partial charge on any atom is 0.136 e. The molecule has 148 valence electrons. The topological polar surface area (TPSA) is 42.9 Å². The molecule has 0 saturated heterocycles. The number of Topliss-reactive ketones (excluding diaryl/α,β-unsaturated/α-hetero) is 1. The molecule has 5 rings (SSSR count). The van der Waals surface area contributed by atoms with Crippen molar-refractivity contribution in [2.45, 2.75) is 65.7 Å². The van der Waals surface area contributed by atoms with Crippen molar-refractivity contribution in [3.8, 4) is 0 Å². The number of allylic oxidation sites excluding steroid dienone is 4. The summed E-state index contributed by atoms with van der Waals surface area (Å²) in [5, 5.41) is 0. The smallest absolute Gasteiger partial charge is 0.136 e. The van der Waals surface area contributed by atoms with Gasteiger partial charge < -0.3 is 0 Å². The summed E-state index contributed by atoms with van der Waals surface area (Å²) in [6.07, 6.45) is 16.0. The zero-order valence-corrected chi connectivity index (χ0v) is 17.4. The molecule has 1 aromatic rings. The quantitative estimate of drug-likeness (QED) is 0.628. The maximum atomic E-state index is 12.2. The first-order valence-electron chi connectivity index (χ1n) is 11.2. The summed E-state index contributed by atoms with van der Waals surface area (Å²) in [6, 6.07) is 2.08. The Labute approximate surface area is 168 Å². The fourth-order valence-electron chi connectivity index (χ4n) is 7.45. The highest BCUT2D eigenvalue weighted by molar-refractivity contribution is 5.82. The van der Waals surface area contributed by atoms with E-state index in [-0.39, 0.29) is 10.8 Å². The Hall–Kier alpha value is -1.77. The molecule has 2 saturated carbocycles. The Morgan fingerprint density at radius 3 is 2.79 bits per heavy atom. The van der Waals surface area contributed by atoms with Crippen molar-refractivity contribution in [1.82, 2.24) is 9.97 Å². The second-order valence-electron chi connectivity index (χ2n) is 10.1. The number of carbonyl (C=O) groups is 1. The number of rotatable bonds is 2. The first-order chi connectivity index (χ1) is 13.5. The van der Waals surface area contributed by atoms with E-state index in [4.69, 9.17) is 0 Å². The van der Waals surface area contributed by atoms with Crippen molar-refractivity contribution in [2.75, 3.05) is 0 Å². The number of ketones is 1. The fraction of sp³-hybridized carbons (Fsp3) is 0.640. The lowest BCUT2D eigenvalue weighted by molar-refractivity contribution is -0.122. The van der Waals surface area contributed by atoms with Crippen LogP contribution in [0.15, 0.2) is 36.3 Å². The van der Waals surface area contributed by atoms with Gasteiger partial charge in [0, 0.05) is 19.0 Å². The third-order valence-corrected chi connectivity index (χ3v) is 9.02. The predicted molar refractivity (Wildman–Crippen MR) is 111 cm³/mol. The average Bonchev–Trinajstić information content (AvgIpc) is 3.06. The van der Waals surface area contributed by atoms with Crippen LogP contribution in [0.2, 0.25) is 0 Å². The molecular weight excluding hydrogens is 344 g/mol. The van der Waals surface area contributed by atoms with E-state index in [9.17, 15) is 4.79 Å². The van der Waals surface area contributed by atoms with Crippen LogP contribution in [0.5, 0.6) is 0 Å². The van der Waals surface area contributed by atoms with Crippen LogP contribution in [0.25, 0.3) is 5.57 Å². The van der Waals surface area contributed by atoms with Gasteiger partial charge in [0.1, 0.15) is 12.1 Å². The molecule has 0 spiro atoms. The van der Waals surface area contributed by atoms with Crippen LogP contribution >= 0.6 is 0 Å². The first kappa shape index (κ1) is 18.3. The molecule has 28 heavy (non-hydrogen) atoms. The molecule has 3 nitrogen and oxygen atoms in total. The molecule has 0 N–H and O–H groups in total. The van der Waals surface area contributed by atoms with Crippen molar-refractivity contribution in [3.05, 3.63) is 42.0 Å². The van der Waals surface area contributed by atoms with Gasteiger partial charge in [-0.25, -0.2) is 9.97 Å². The van der Waals surface area contributed by atoms with Gasteiger partial charge in [-0.1, -0.05) is 38.5 Å². The summed E-state index contributed by atoms with van der Waals surface area (Å²) < 4.78 is 0. The molecule has 0 aliphatic heterocycles. The number of fused-ring (bicyclic) bond motifs is 5. The molecule has 0 radical (unpaired) electrons. The van der Waals surface area contributed by atoms with Gasteiger partial charge in [-0.15, -0.1) is 0 Å². The van der Waals surface area contributed by atoms with Crippen molar-refractivity contribution in [1.29, 1.82) is 0 Å². The standard InChI is InChI=1S/C25H32N2O/c1-4-16-13-17-14-18(28)7-10-24(17,2)21-8-11-25(3)19(5-6-20(25)23(16)21)22-9-12-26-15-27-22/h5,9,12-13,15-16,20-21,23H,4,6-8,10-11,14H2,1-3H3/t16?,20-,21+,23-,24-,25+/m0/s1. The zero-order valence-electron chi connectivity index (χ0n) is 17.4. The maximum absolute atomic E-state index is 12.2. The van der Waals surface area contributed by atoms with Gasteiger partial charge in [-0.2, -0.15) is 0 Å². The van der Waals surface area contributed by atoms with E-state index in [2.05, 4.69) is 49.0 Å². The Balaban J connectivity index is 1.54. The molecule has 0 aromatic carbocycles. The Morgan fingerprint density at radius 1 is 1.18 bits per heavy atom. The first-order valence-corrected chi connectivity index (χ1v) is 11.2. The van der Waals surface area contributed by atoms with Gasteiger partial charge in [0.15, 0.2) is 0 Å². The monoisotopic (exact) mass is 376 g/mol. The molecule has 3 heteroatoms. The lowest BCUT2D eigenvalue weighted by Crippen LogP contribution is -2.52. The van der Waals surface area contributed by atoms with Crippen LogP contribution in [0.1, 0.15) is 71.4 Å². The van der Waals surface area contributed by atoms with Gasteiger partial charge in [0.05, 0.1) is 5.69 Å². The normalized spacial score (nSPS) is 42.2. The predicted octanol–water partition coefficient (Wildman–Crippen LogP) is 5.64. The summed E-state index contributed by atoms with van der Waals surface area (Å²) >= 11 is 0. The van der Waals surface area contributed by atoms with Crippen LogP contribution in [0.3, 0.4) is 0 Å². The van der Waals surface area contributed by atoms with Gasteiger partial charge >= 0.3 is 0 Å². The average molecular weight is 377 g/mol. The SMILES string of the molecule is CCC1C=C2CC(=O)CC[C@]2(C)[C@@H]2CC[C@]3(C)C(c4ccncn4)=CC[C@H]3[C@H]12. The van der Waals surface area contributed by atoms with Gasteiger partial charge in [-0.3, -0.25) is 4.79 Å². The Bertz CT molecular complexity index is 857. The van der Waals surface area contributed by atoms with E-state index >= 15 is 0 Å². The molecular formula is C25H32N2O. The summed E-state index contributed by atoms with van der Waals surface area (Å²) in [5.41, 5.74) is 4.50. The van der Waals surface area contributed by atoms with Gasteiger partial charge in [0.25, 0.3) is 0 Å². The molecule has 1 unspecified atom stereocenters. The van der Waals surface area contributed by atoms with E-state index in [1.807, 2.05) is 6.20 Å². The highest BCUT2D eigenvalue weighted by Gasteiger charge is 2.58. The van der Waals surface area contributed by atoms with Gasteiger partial charge in [-0.05, 0) is 78.2 Å². The fourth-order valence-corrected chi connectivity index (χ4v) is 7.45. The van der Waals surface area contributed by atoms with Crippen LogP contribution in [-0.2, 0) is 4.79 Å². The highest BCUT2D eigenvalue weighted by Crippen LogP contribution is 2.67. The van der Waals surface area contributed by atoms with Crippen molar-refractivity contribution >= 4 is 11.4 Å². The second kappa shape index (κ2) is 6.37. The number of aromatic nitrogens is 2. The summed E-state index contributed by atoms with van der Waals surface area (Å²) in [6.45, 7) is 7.31. The number of nitrogens with zero attached hydrogens (tertiary/aromatic N) is 2. The van der Waals surface area contributed by atoms with E-state index in [1.54, 1.807) is 6.33 Å². The lowest BCUT2D eigenvalue weighted by atomic mass is 9.45. The van der Waals surface area contributed by atoms with Crippen molar-refractivity contribution in [2.24, 2.45) is 34.5 Å². The molecule has 4 aliphatic rings. The van der Waals surface area contributed by atoms with Crippen LogP contribution in [-0.4, -0.2) is 15.8 Å². The van der Waals surface area contributed by atoms with E-state index < -0.39 is 0 Å². The largest absolute Gasteiger partial charge is 0.299 e. The summed E-state index contributed by atoms with van der Waals surface area (Å²) in [4.78, 5) is 20.9. The third-order valence-electron chi connectivity index (χ3n) is 9.02. The van der Waals surface area contributed by atoms with E-state index in [0.717, 1.165) is 30.4 Å². The van der Waals surface area contributed by atoms with Crippen LogP contribution < -0.4 is 0 Å². The van der Waals surface area contributed by atoms with Crippen LogP contribution in [0, 0.1) is 34.5 Å². The van der Waals surface area contributed by atoms with Gasteiger partial charge in [0.2, 0.25) is 0 Å². The summed E-state index contributed by atoms with van der Waals surface area (Å²) in [5.74, 6) is 3.20. The van der Waals surface area contributed by atoms with Crippen molar-refractivity contribution < 1.29 is 4.79 Å². The number of hydrogen-bond acceptors (Lipinski definition) is 3. The minimum atomic E-state index is 0.217. The Morgan fingerprint density at radius 2 is 2.04 bits per heavy atom. The molecule has 4 aliphatic carbocycles. The molecule has 2 fully saturated rings. The number of carbonyl (C=O) groups excluding carboxylic acids is 1. The lowest BCUT2D eigenvalue weighted by Gasteiger charge is -2.59. The van der Waals surface area contributed by atoms with Crippen molar-refractivity contribution in [3.63, 3.8) is 0 Å². The third kappa shape index (κ3) is 2.44. The number of hydrogen-bond donors (Lipinski definition) is 0. The molecule has 0 bridgehead atoms. The summed E-state index contributed by atoms with van der Waals surface area (Å²) in [7, 11) is 0. The second-order valence-corrected chi connectivity index (χ2v) is 10.1. The zero-order chi connectivity index (χ0) is 19.5. The minimum Gasteiger partial charge on any atom is -0.299 e. The minimum absolute atomic E-state index is 0.217. The molecule has 1 aromatic heterocycles. The van der Waals surface area contributed by atoms with E-state index in [0.29, 0.717) is 24.0 Å². The van der Waals surface area contributed by atoms with Crippen LogP contribution in [0.4, 0.5) is 0 Å². The molecule has 0 amide bonds. The Kier molecular flexibility index (Phi) is 4.16. The highest BCUT2D eigenvalue weighted by atomic mass is 16.1.